The van der Waals surface area contributed by atoms with E-state index in [9.17, 15) is 14.4 Å². The number of nitrogens with two attached hydrogens (primary N) is 1. The second-order valence-corrected chi connectivity index (χ2v) is 6.78. The molecule has 3 N–H and O–H groups in total. The number of aromatic nitrogens is 4. The summed E-state index contributed by atoms with van der Waals surface area (Å²) in [5, 5.41) is 7.94. The Kier molecular flexibility index (Phi) is 6.62. The fourth-order valence-corrected chi connectivity index (χ4v) is 3.12. The quantitative estimate of drug-likeness (QED) is 0.465. The highest BCUT2D eigenvalue weighted by atomic mass is 16.4. The lowest BCUT2D eigenvalue weighted by molar-refractivity contribution is 0.0918. The van der Waals surface area contributed by atoms with Gasteiger partial charge in [0.25, 0.3) is 11.4 Å². The number of nitrogens with zero attached hydrogens (tertiary/aromatic N) is 4. The molecule has 0 bridgehead atoms. The largest absolute Gasteiger partial charge is 0.459 e. The number of rotatable bonds is 10. The number of nitrogen functional groups attached to an aromatic ring is 1. The molecule has 3 rings (SSSR count). The first kappa shape index (κ1) is 21.2. The van der Waals surface area contributed by atoms with Gasteiger partial charge in [0.2, 0.25) is 5.89 Å². The normalized spacial score (nSPS) is 11.3. The maximum absolute atomic E-state index is 12.9. The van der Waals surface area contributed by atoms with Gasteiger partial charge in [-0.1, -0.05) is 13.8 Å². The Balaban J connectivity index is 1.80. The van der Waals surface area contributed by atoms with Crippen molar-refractivity contribution in [1.82, 2.24) is 24.6 Å². The molecule has 0 spiro atoms. The van der Waals surface area contributed by atoms with Crippen molar-refractivity contribution in [2.24, 2.45) is 0 Å². The van der Waals surface area contributed by atoms with Crippen LogP contribution in [-0.2, 0) is 13.1 Å². The molecule has 0 unspecified atom stereocenters. The summed E-state index contributed by atoms with van der Waals surface area (Å²) in [6.07, 6.45) is 2.88. The average molecular weight is 416 g/mol. The first-order valence-corrected chi connectivity index (χ1v) is 9.69. The van der Waals surface area contributed by atoms with Crippen LogP contribution in [0.3, 0.4) is 0 Å². The monoisotopic (exact) mass is 416 g/mol. The highest BCUT2D eigenvalue weighted by Gasteiger charge is 2.22. The Morgan fingerprint density at radius 3 is 2.73 bits per heavy atom. The predicted molar refractivity (Wildman–Crippen MR) is 108 cm³/mol. The lowest BCUT2D eigenvalue weighted by Crippen LogP contribution is -2.39. The van der Waals surface area contributed by atoms with Crippen molar-refractivity contribution in [1.29, 1.82) is 0 Å². The maximum atomic E-state index is 12.9. The minimum Gasteiger partial charge on any atom is -0.459 e. The molecular weight excluding hydrogens is 392 g/mol. The van der Waals surface area contributed by atoms with Gasteiger partial charge in [-0.2, -0.15) is 0 Å². The number of carbonyl (C=O) groups excluding carboxylic acids is 1. The molecule has 0 saturated heterocycles. The van der Waals surface area contributed by atoms with Crippen LogP contribution >= 0.6 is 0 Å². The van der Waals surface area contributed by atoms with Crippen LogP contribution in [0.4, 0.5) is 5.82 Å². The molecule has 0 aliphatic rings. The number of furan rings is 1. The molecule has 0 amide bonds. The summed E-state index contributed by atoms with van der Waals surface area (Å²) in [5.41, 5.74) is 4.35. The predicted octanol–water partition coefficient (Wildman–Crippen LogP) is 1.27. The Bertz CT molecular complexity index is 1110. The van der Waals surface area contributed by atoms with Crippen molar-refractivity contribution < 1.29 is 13.6 Å². The van der Waals surface area contributed by atoms with Crippen molar-refractivity contribution in [3.05, 3.63) is 50.7 Å². The first-order chi connectivity index (χ1) is 14.4. The van der Waals surface area contributed by atoms with E-state index in [0.717, 1.165) is 6.42 Å². The second-order valence-electron chi connectivity index (χ2n) is 6.78. The number of H-pyrrole nitrogens is 1. The van der Waals surface area contributed by atoms with E-state index in [1.54, 1.807) is 17.0 Å². The standard InChI is InChI=1S/C19H24N6O5/c1-3-7-24(11-14-22-23-18(30-14)13-6-5-9-29-13)10-12(26)15-16(20)25(8-4-2)19(28)21-17(15)27/h5-6,9H,3-4,7-8,10-11,20H2,1-2H3,(H,21,27,28). The van der Waals surface area contributed by atoms with E-state index < -0.39 is 17.0 Å². The van der Waals surface area contributed by atoms with Crippen molar-refractivity contribution in [3.8, 4) is 11.7 Å². The van der Waals surface area contributed by atoms with Crippen LogP contribution < -0.4 is 17.0 Å². The summed E-state index contributed by atoms with van der Waals surface area (Å²) in [4.78, 5) is 41.0. The zero-order chi connectivity index (χ0) is 21.7. The van der Waals surface area contributed by atoms with E-state index in [0.29, 0.717) is 31.2 Å². The van der Waals surface area contributed by atoms with Gasteiger partial charge >= 0.3 is 5.69 Å². The minimum absolute atomic E-state index is 0.0933. The zero-order valence-corrected chi connectivity index (χ0v) is 16.9. The summed E-state index contributed by atoms with van der Waals surface area (Å²) >= 11 is 0. The highest BCUT2D eigenvalue weighted by Crippen LogP contribution is 2.18. The first-order valence-electron chi connectivity index (χ1n) is 9.69. The summed E-state index contributed by atoms with van der Waals surface area (Å²) in [7, 11) is 0. The number of anilines is 1. The van der Waals surface area contributed by atoms with E-state index in [4.69, 9.17) is 14.6 Å². The van der Waals surface area contributed by atoms with Gasteiger partial charge in [0.05, 0.1) is 19.4 Å². The lowest BCUT2D eigenvalue weighted by Gasteiger charge is -2.19. The van der Waals surface area contributed by atoms with Crippen molar-refractivity contribution in [2.45, 2.75) is 39.8 Å². The number of carbonyl (C=O) groups is 1. The molecule has 3 aromatic rings. The zero-order valence-electron chi connectivity index (χ0n) is 16.9. The van der Waals surface area contributed by atoms with Crippen LogP contribution in [0.15, 0.2) is 36.8 Å². The van der Waals surface area contributed by atoms with Gasteiger partial charge in [-0.3, -0.25) is 24.0 Å². The van der Waals surface area contributed by atoms with Crippen LogP contribution in [0, 0.1) is 0 Å². The van der Waals surface area contributed by atoms with Gasteiger partial charge < -0.3 is 14.6 Å². The lowest BCUT2D eigenvalue weighted by atomic mass is 10.1. The van der Waals surface area contributed by atoms with Gasteiger partial charge in [-0.05, 0) is 31.5 Å². The van der Waals surface area contributed by atoms with Crippen molar-refractivity contribution in [3.63, 3.8) is 0 Å². The summed E-state index contributed by atoms with van der Waals surface area (Å²) in [6, 6.07) is 3.41. The second kappa shape index (κ2) is 9.35. The van der Waals surface area contributed by atoms with Crippen LogP contribution in [0.2, 0.25) is 0 Å². The van der Waals surface area contributed by atoms with Gasteiger partial charge in [0, 0.05) is 6.54 Å². The Hall–Kier alpha value is -3.47. The van der Waals surface area contributed by atoms with Crippen LogP contribution in [0.5, 0.6) is 0 Å². The van der Waals surface area contributed by atoms with Gasteiger partial charge in [0.15, 0.2) is 11.5 Å². The van der Waals surface area contributed by atoms with Gasteiger partial charge in [-0.15, -0.1) is 10.2 Å². The molecule has 30 heavy (non-hydrogen) atoms. The van der Waals surface area contributed by atoms with Gasteiger partial charge in [0.1, 0.15) is 11.4 Å². The molecular formula is C19H24N6O5. The molecule has 0 aliphatic heterocycles. The summed E-state index contributed by atoms with van der Waals surface area (Å²) in [5.74, 6) is 0.387. The molecule has 160 valence electrons. The van der Waals surface area contributed by atoms with Crippen LogP contribution in [0.25, 0.3) is 11.7 Å². The minimum atomic E-state index is -0.788. The third-order valence-corrected chi connectivity index (χ3v) is 4.43. The Morgan fingerprint density at radius 2 is 2.07 bits per heavy atom. The van der Waals surface area contributed by atoms with Gasteiger partial charge in [-0.25, -0.2) is 4.79 Å². The molecule has 0 fully saturated rings. The SMILES string of the molecule is CCCN(CC(=O)c1c(N)n(CCC)c(=O)[nH]c1=O)Cc1nnc(-c2ccco2)o1. The van der Waals surface area contributed by atoms with Crippen molar-refractivity contribution >= 4 is 11.6 Å². The van der Waals surface area contributed by atoms with E-state index in [2.05, 4.69) is 15.2 Å². The number of aromatic amines is 1. The van der Waals surface area contributed by atoms with E-state index in [1.807, 2.05) is 13.8 Å². The maximum Gasteiger partial charge on any atom is 0.329 e. The molecule has 0 saturated carbocycles. The molecule has 0 aromatic carbocycles. The Morgan fingerprint density at radius 1 is 1.27 bits per heavy atom. The molecule has 11 heteroatoms. The third-order valence-electron chi connectivity index (χ3n) is 4.43. The molecule has 0 aliphatic carbocycles. The smallest absolute Gasteiger partial charge is 0.329 e. The average Bonchev–Trinajstić information content (AvgIpc) is 3.36. The van der Waals surface area contributed by atoms with E-state index in [1.165, 1.54) is 10.8 Å². The summed E-state index contributed by atoms with van der Waals surface area (Å²) < 4.78 is 12.0. The molecule has 11 nitrogen and oxygen atoms in total. The Labute approximate surface area is 171 Å². The van der Waals surface area contributed by atoms with Crippen LogP contribution in [-0.4, -0.2) is 43.5 Å². The fourth-order valence-electron chi connectivity index (χ4n) is 3.12. The van der Waals surface area contributed by atoms with Crippen molar-refractivity contribution in [2.75, 3.05) is 18.8 Å². The molecule has 0 radical (unpaired) electrons. The number of nitrogens with one attached hydrogen (secondary N) is 1. The fraction of sp³-hybridized carbons (Fsp3) is 0.421. The topological polar surface area (TPSA) is 153 Å². The number of hydrogen-bond donors (Lipinski definition) is 2. The molecule has 3 aromatic heterocycles. The van der Waals surface area contributed by atoms with Crippen LogP contribution in [0.1, 0.15) is 42.9 Å². The molecule has 0 atom stereocenters. The third kappa shape index (κ3) is 4.57. The van der Waals surface area contributed by atoms with E-state index in [-0.39, 0.29) is 30.4 Å². The number of hydrogen-bond acceptors (Lipinski definition) is 9. The highest BCUT2D eigenvalue weighted by molar-refractivity contribution is 6.01. The number of ketones is 1. The van der Waals surface area contributed by atoms with E-state index >= 15 is 0 Å². The number of Topliss-reactive ketones (excluding diaryl/α,β-unsaturated/α-hetero) is 1. The summed E-state index contributed by atoms with van der Waals surface area (Å²) in [6.45, 7) is 4.79. The molecule has 3 heterocycles.